The third-order valence-electron chi connectivity index (χ3n) is 19.8. The van der Waals surface area contributed by atoms with E-state index in [1.165, 1.54) is 7.11 Å². The molecule has 1 aromatic heterocycles. The van der Waals surface area contributed by atoms with Crippen LogP contribution in [0.3, 0.4) is 0 Å². The molecule has 10 heterocycles. The zero-order chi connectivity index (χ0) is 86.1. The van der Waals surface area contributed by atoms with Gasteiger partial charge in [0.15, 0.2) is 41.3 Å². The molecule has 644 valence electrons. The summed E-state index contributed by atoms with van der Waals surface area (Å²) in [7, 11) is 4.88. The number of aromatic nitrogens is 2. The molecule has 20 atom stereocenters. The molecule has 0 bridgehead atoms. The summed E-state index contributed by atoms with van der Waals surface area (Å²) in [6.45, 7) is 32.6. The molecule has 0 unspecified atom stereocenters. The quantitative estimate of drug-likeness (QED) is 0.0486. The van der Waals surface area contributed by atoms with Gasteiger partial charge in [-0.05, 0) is 187 Å². The van der Waals surface area contributed by atoms with Crippen LogP contribution < -0.4 is 22.9 Å². The van der Waals surface area contributed by atoms with E-state index < -0.39 is 145 Å². The molecule has 1 aromatic rings. The second-order valence-electron chi connectivity index (χ2n) is 33.1. The molecular weight excluding hydrogens is 1710 g/mol. The van der Waals surface area contributed by atoms with Crippen LogP contribution in [0.2, 0.25) is 0 Å². The van der Waals surface area contributed by atoms with E-state index in [0.29, 0.717) is 97.7 Å². The summed E-state index contributed by atoms with van der Waals surface area (Å²) in [5.74, 6) is 2.39. The van der Waals surface area contributed by atoms with Crippen molar-refractivity contribution in [3.8, 4) is 0 Å². The van der Waals surface area contributed by atoms with Crippen molar-refractivity contribution < 1.29 is 84.2 Å². The normalized spacial score (nSPS) is 31.4. The molecule has 0 aromatic carbocycles. The topological polar surface area (TPSA) is 439 Å². The molecule has 0 spiro atoms. The first-order valence-electron chi connectivity index (χ1n) is 37.2. The van der Waals surface area contributed by atoms with Gasteiger partial charge in [0, 0.05) is 80.2 Å². The van der Waals surface area contributed by atoms with Gasteiger partial charge < -0.3 is 131 Å². The molecule has 9 aliphatic heterocycles. The van der Waals surface area contributed by atoms with Crippen LogP contribution in [0.5, 0.6) is 0 Å². The SMILES string of the molecule is C=C1C=C(N)C(Br)=CN1[C@@H]1O[C@H](CCP(=C)(C)C)[C@@H](O)[C@H]1O.C=C1N=C(N)C(Br)=CN1[C@@H]1O[C@H](CCP(=C)(C)C)[C@@H](O)[C@H]1O.C=C1N=C(N)C(CCO)=CN1[C@@H]1O[C@H](CCP(=C)(C)C)[C@@H](O)[C@H]1O.C=C1N=C(N)C(OC)=CN1[C@@H]1O[C@H](CCP(=C)(C)C)[C@@H](O)[C@H]1OC.C=P(C)(C)CC[C@H]1O[C@@H](c2cn(C)c(=S)nc2C)[C@H](O)[C@@H]1O. The molecule has 0 radical (unpaired) electrons. The first kappa shape index (κ1) is 98.8. The average Bonchev–Trinajstić information content (AvgIpc) is 1.64. The number of halogens is 2. The minimum Gasteiger partial charge on any atom is -0.491 e. The fourth-order valence-corrected chi connectivity index (χ4v) is 18.8. The van der Waals surface area contributed by atoms with E-state index in [1.807, 2.05) is 20.2 Å². The van der Waals surface area contributed by atoms with E-state index in [-0.39, 0.29) is 24.7 Å². The summed E-state index contributed by atoms with van der Waals surface area (Å²) < 4.78 is 43.8. The van der Waals surface area contributed by atoms with Crippen molar-refractivity contribution in [3.63, 3.8) is 0 Å². The monoisotopic (exact) mass is 1840 g/mol. The predicted octanol–water partition coefficient (Wildman–Crippen LogP) is 4.83. The molecular formula is C76H128Br2N13O17P5S. The highest BCUT2D eigenvalue weighted by molar-refractivity contribution is 9.12. The Balaban J connectivity index is 0.000000222. The molecule has 5 fully saturated rings. The van der Waals surface area contributed by atoms with Crippen molar-refractivity contribution in [1.29, 1.82) is 0 Å². The zero-order valence-corrected chi connectivity index (χ0v) is 76.9. The number of hydrogen-bond donors (Lipinski definition) is 14. The Hall–Kier alpha value is -4.01. The van der Waals surface area contributed by atoms with Gasteiger partial charge in [0.1, 0.15) is 96.3 Å². The lowest BCUT2D eigenvalue weighted by molar-refractivity contribution is -0.0708. The third kappa shape index (κ3) is 27.2. The number of ether oxygens (including phenoxy) is 7. The van der Waals surface area contributed by atoms with E-state index >= 15 is 0 Å². The Morgan fingerprint density at radius 3 is 1.26 bits per heavy atom. The molecule has 5 saturated heterocycles. The number of amidine groups is 3. The summed E-state index contributed by atoms with van der Waals surface area (Å²) in [5, 5.41) is 102. The smallest absolute Gasteiger partial charge is 0.199 e. The van der Waals surface area contributed by atoms with Crippen LogP contribution in [-0.2, 0) is 40.2 Å². The van der Waals surface area contributed by atoms with E-state index in [4.69, 9.17) is 73.4 Å². The molecule has 10 rings (SSSR count). The van der Waals surface area contributed by atoms with Gasteiger partial charge in [0.05, 0.1) is 52.8 Å². The van der Waals surface area contributed by atoms with Crippen molar-refractivity contribution in [3.05, 3.63) is 129 Å². The number of aliphatic hydroxyl groups excluding tert-OH is 10. The standard InChI is InChI=1S/2C16H28N3O4P.C15H24BrN2O3P.C15H25N2O3PS.C14H23BrN3O3P/c1-10-18-15(17)12(21-2)9-19(10)16-14(22-3)13(20)11(23-16)7-8-24(4,5)6;1-10-18-15(17)11(5-7-20)9-19(10)16-14(22)13(21)12(23-16)6-8-24(2,3)4;1-9-7-11(17)10(16)8-18(9)15-14(20)13(19)12(21-15)5-6-22(2,3)4;1-9-10(8-17(2)15(22)16-9)14-13(19)12(18)11(20-14)6-7-21(3,4)5;1-8-17-13(16)9(15)7-18(8)14-12(20)11(19)10(21-14)5-6-22(2,3)4/h9,11,13-14,16,20H,1,4,7-8H2,2-3,5-6H3,(H2,17,18);9,12-14,16,20-22H,1-2,5-8H2,3-4H3,(H2,17,18);7-8,12-15,19-20H,1-2,5-6,17H2,3-4H3;8,11-14,18-19H,3,6-7H2,1-2,4-5H3;7,10-12,14,19-20H,1-2,5-6H2,3-4H3,(H2,16,17)/t11-,13-,14-,16-;12-,13-,14-,16-;12-,13-,14-,15-;11-,12-,13-,14+;10-,11-,12-,14-/m11111/s1. The number of hydrogen-bond acceptors (Lipinski definition) is 30. The highest BCUT2D eigenvalue weighted by Crippen LogP contribution is 2.46. The fourth-order valence-electron chi connectivity index (χ4n) is 13.2. The first-order valence-corrected chi connectivity index (χ1v) is 54.4. The average molecular weight is 1840 g/mol. The van der Waals surface area contributed by atoms with Crippen LogP contribution in [0, 0.1) is 11.7 Å². The molecule has 0 amide bonds. The highest BCUT2D eigenvalue weighted by atomic mass is 79.9. The Bertz CT molecular complexity index is 4110. The van der Waals surface area contributed by atoms with E-state index in [1.54, 1.807) is 62.2 Å². The number of aliphatic imine (C=N–C) groups is 3. The molecule has 0 aliphatic carbocycles. The maximum absolute atomic E-state index is 10.6. The molecule has 114 heavy (non-hydrogen) atoms. The molecule has 0 saturated carbocycles. The number of rotatable bonds is 24. The van der Waals surface area contributed by atoms with Gasteiger partial charge in [-0.3, -0.25) is 0 Å². The summed E-state index contributed by atoms with van der Waals surface area (Å²) in [5.41, 5.74) is 26.5. The second-order valence-corrected chi connectivity index (χ2v) is 56.8. The summed E-state index contributed by atoms with van der Waals surface area (Å²) in [4.78, 5) is 23.2. The molecule has 38 heteroatoms. The zero-order valence-electron chi connectivity index (χ0n) is 68.4. The first-order chi connectivity index (χ1) is 52.6. The number of nitrogens with zero attached hydrogens (tertiary/aromatic N) is 9. The van der Waals surface area contributed by atoms with Crippen LogP contribution in [0.15, 0.2) is 128 Å². The highest BCUT2D eigenvalue weighted by Gasteiger charge is 2.51. The Morgan fingerprint density at radius 2 is 0.851 bits per heavy atom. The molecule has 30 nitrogen and oxygen atoms in total. The van der Waals surface area contributed by atoms with Crippen LogP contribution in [0.4, 0.5) is 0 Å². The van der Waals surface area contributed by atoms with Crippen molar-refractivity contribution in [2.24, 2.45) is 45.0 Å². The van der Waals surface area contributed by atoms with Crippen LogP contribution in [-0.4, -0.2) is 364 Å². The van der Waals surface area contributed by atoms with Gasteiger partial charge in [0.2, 0.25) is 0 Å². The second kappa shape index (κ2) is 41.5. The number of nitrogens with two attached hydrogens (primary N) is 4. The summed E-state index contributed by atoms with van der Waals surface area (Å²) in [6, 6.07) is 0. The van der Waals surface area contributed by atoms with Crippen LogP contribution in [0.25, 0.3) is 0 Å². The minimum atomic E-state index is -1.24. The van der Waals surface area contributed by atoms with Gasteiger partial charge in [0.25, 0.3) is 0 Å². The largest absolute Gasteiger partial charge is 0.491 e. The van der Waals surface area contributed by atoms with Crippen molar-refractivity contribution in [2.75, 3.05) is 118 Å². The Kier molecular flexibility index (Phi) is 36.0. The molecule has 18 N–H and O–H groups in total. The maximum Gasteiger partial charge on any atom is 0.199 e. The lowest BCUT2D eigenvalue weighted by atomic mass is 10.0. The fraction of sp³-hybridized carbons (Fsp3) is 0.605. The van der Waals surface area contributed by atoms with E-state index in [9.17, 15) is 46.0 Å². The lowest BCUT2D eigenvalue weighted by Crippen LogP contribution is -2.43. The number of methoxy groups -OCH3 is 2. The Labute approximate surface area is 696 Å². The minimum absolute atomic E-state index is 0.0655. The van der Waals surface area contributed by atoms with E-state index in [0.717, 1.165) is 48.5 Å². The van der Waals surface area contributed by atoms with Gasteiger partial charge in [-0.25, -0.2) is 20.0 Å². The van der Waals surface area contributed by atoms with Crippen LogP contribution in [0.1, 0.15) is 55.9 Å². The number of allylic oxidation sites excluding steroid dienone is 2. The Morgan fingerprint density at radius 1 is 0.491 bits per heavy atom. The third-order valence-corrected chi connectivity index (χ3v) is 28.8. The van der Waals surface area contributed by atoms with Gasteiger partial charge in [-0.15, -0.1) is 65.9 Å². The lowest BCUT2D eigenvalue weighted by Gasteiger charge is -2.32. The summed E-state index contributed by atoms with van der Waals surface area (Å²) in [6.07, 6.45) is 25.0. The van der Waals surface area contributed by atoms with Gasteiger partial charge >= 0.3 is 0 Å². The number of aryl methyl sites for hydroxylation is 2. The van der Waals surface area contributed by atoms with Crippen molar-refractivity contribution >= 4 is 128 Å². The number of aliphatic hydroxyl groups is 10. The van der Waals surface area contributed by atoms with Gasteiger partial charge in [-0.1, -0.05) is 26.3 Å². The predicted molar refractivity (Wildman–Crippen MR) is 483 cm³/mol. The van der Waals surface area contributed by atoms with Crippen molar-refractivity contribution in [2.45, 2.75) is 168 Å². The van der Waals surface area contributed by atoms with E-state index in [2.05, 4.69) is 176 Å². The van der Waals surface area contributed by atoms with Gasteiger partial charge in [-0.2, -0.15) is 0 Å². The van der Waals surface area contributed by atoms with Crippen molar-refractivity contribution in [1.82, 2.24) is 29.2 Å². The molecule has 9 aliphatic rings. The summed E-state index contributed by atoms with van der Waals surface area (Å²) >= 11 is 11.8. The van der Waals surface area contributed by atoms with Crippen LogP contribution >= 0.6 is 78.5 Å². The maximum atomic E-state index is 10.6.